The average Bonchev–Trinajstić information content (AvgIpc) is 3.12. The van der Waals surface area contributed by atoms with E-state index in [0.29, 0.717) is 11.5 Å². The van der Waals surface area contributed by atoms with E-state index in [1.54, 1.807) is 25.3 Å². The summed E-state index contributed by atoms with van der Waals surface area (Å²) in [5, 5.41) is 2.91. The molecule has 1 heterocycles. The zero-order valence-corrected chi connectivity index (χ0v) is 15.0. The molecule has 134 valence electrons. The van der Waals surface area contributed by atoms with Gasteiger partial charge in [0.15, 0.2) is 5.76 Å². The number of para-hydroxylation sites is 1. The van der Waals surface area contributed by atoms with E-state index in [9.17, 15) is 4.79 Å². The molecule has 0 atom stereocenters. The number of anilines is 1. The summed E-state index contributed by atoms with van der Waals surface area (Å²) in [6.07, 6.45) is 0. The van der Waals surface area contributed by atoms with Gasteiger partial charge in [0.2, 0.25) is 0 Å². The van der Waals surface area contributed by atoms with Gasteiger partial charge in [-0.25, -0.2) is 0 Å². The Bertz CT molecular complexity index is 894. The highest BCUT2D eigenvalue weighted by molar-refractivity contribution is 6.03. The molecule has 0 saturated carbocycles. The van der Waals surface area contributed by atoms with E-state index in [4.69, 9.17) is 13.9 Å². The number of hydrogen-bond donors (Lipinski definition) is 1. The van der Waals surface area contributed by atoms with Crippen LogP contribution in [0.1, 0.15) is 27.4 Å². The summed E-state index contributed by atoms with van der Waals surface area (Å²) in [6, 6.07) is 16.6. The number of methoxy groups -OCH3 is 1. The van der Waals surface area contributed by atoms with Gasteiger partial charge < -0.3 is 19.2 Å². The first-order valence-corrected chi connectivity index (χ1v) is 8.30. The Morgan fingerprint density at radius 2 is 1.69 bits per heavy atom. The SMILES string of the molecule is COc1cccc(OCc2ccc(C(=O)Nc3c(C)cccc3C)o2)c1. The number of nitrogens with one attached hydrogen (secondary N) is 1. The van der Waals surface area contributed by atoms with Crippen molar-refractivity contribution >= 4 is 11.6 Å². The van der Waals surface area contributed by atoms with Gasteiger partial charge in [0.1, 0.15) is 23.9 Å². The predicted molar refractivity (Wildman–Crippen MR) is 99.9 cm³/mol. The van der Waals surface area contributed by atoms with Crippen LogP contribution in [0.2, 0.25) is 0 Å². The first-order valence-electron chi connectivity index (χ1n) is 8.30. The normalized spacial score (nSPS) is 10.4. The maximum Gasteiger partial charge on any atom is 0.291 e. The molecule has 0 spiro atoms. The number of rotatable bonds is 6. The fourth-order valence-electron chi connectivity index (χ4n) is 2.61. The van der Waals surface area contributed by atoms with Gasteiger partial charge in [0.05, 0.1) is 7.11 Å². The van der Waals surface area contributed by atoms with Crippen LogP contribution in [0.3, 0.4) is 0 Å². The van der Waals surface area contributed by atoms with Crippen molar-refractivity contribution in [2.24, 2.45) is 0 Å². The Hall–Kier alpha value is -3.21. The van der Waals surface area contributed by atoms with Crippen LogP contribution < -0.4 is 14.8 Å². The van der Waals surface area contributed by atoms with Gasteiger partial charge in [0, 0.05) is 11.8 Å². The minimum Gasteiger partial charge on any atom is -0.497 e. The lowest BCUT2D eigenvalue weighted by Gasteiger charge is -2.10. The Labute approximate surface area is 152 Å². The van der Waals surface area contributed by atoms with Gasteiger partial charge >= 0.3 is 0 Å². The molecule has 0 unspecified atom stereocenters. The van der Waals surface area contributed by atoms with E-state index in [1.807, 2.05) is 50.2 Å². The summed E-state index contributed by atoms with van der Waals surface area (Å²) in [7, 11) is 1.60. The van der Waals surface area contributed by atoms with Crippen LogP contribution in [-0.4, -0.2) is 13.0 Å². The monoisotopic (exact) mass is 351 g/mol. The fourth-order valence-corrected chi connectivity index (χ4v) is 2.61. The van der Waals surface area contributed by atoms with Crippen molar-refractivity contribution in [2.75, 3.05) is 12.4 Å². The molecule has 1 amide bonds. The molecular weight excluding hydrogens is 330 g/mol. The fraction of sp³-hybridized carbons (Fsp3) is 0.190. The first kappa shape index (κ1) is 17.6. The van der Waals surface area contributed by atoms with Crippen LogP contribution in [-0.2, 0) is 6.61 Å². The lowest BCUT2D eigenvalue weighted by Crippen LogP contribution is -2.13. The van der Waals surface area contributed by atoms with Gasteiger partial charge in [-0.05, 0) is 49.2 Å². The van der Waals surface area contributed by atoms with Crippen LogP contribution >= 0.6 is 0 Å². The zero-order valence-electron chi connectivity index (χ0n) is 15.0. The van der Waals surface area contributed by atoms with Crippen LogP contribution in [0.4, 0.5) is 5.69 Å². The van der Waals surface area contributed by atoms with E-state index >= 15 is 0 Å². The lowest BCUT2D eigenvalue weighted by molar-refractivity contribution is 0.0992. The molecule has 2 aromatic carbocycles. The molecule has 1 N–H and O–H groups in total. The highest BCUT2D eigenvalue weighted by atomic mass is 16.5. The number of ether oxygens (including phenoxy) is 2. The van der Waals surface area contributed by atoms with E-state index < -0.39 is 0 Å². The topological polar surface area (TPSA) is 60.7 Å². The quantitative estimate of drug-likeness (QED) is 0.697. The largest absolute Gasteiger partial charge is 0.497 e. The smallest absolute Gasteiger partial charge is 0.291 e. The van der Waals surface area contributed by atoms with Crippen LogP contribution in [0.15, 0.2) is 59.0 Å². The second-order valence-corrected chi connectivity index (χ2v) is 5.95. The number of benzene rings is 2. The van der Waals surface area contributed by atoms with Gasteiger partial charge in [-0.2, -0.15) is 0 Å². The van der Waals surface area contributed by atoms with Crippen molar-refractivity contribution in [2.45, 2.75) is 20.5 Å². The van der Waals surface area contributed by atoms with Crippen molar-refractivity contribution < 1.29 is 18.7 Å². The highest BCUT2D eigenvalue weighted by Crippen LogP contribution is 2.22. The Kier molecular flexibility index (Phi) is 5.27. The second kappa shape index (κ2) is 7.78. The predicted octanol–water partition coefficient (Wildman–Crippen LogP) is 4.74. The van der Waals surface area contributed by atoms with Gasteiger partial charge in [-0.1, -0.05) is 24.3 Å². The van der Waals surface area contributed by atoms with Gasteiger partial charge in [-0.3, -0.25) is 4.79 Å². The molecule has 26 heavy (non-hydrogen) atoms. The van der Waals surface area contributed by atoms with E-state index in [0.717, 1.165) is 22.6 Å². The molecule has 0 saturated heterocycles. The van der Waals surface area contributed by atoms with Gasteiger partial charge in [-0.15, -0.1) is 0 Å². The highest BCUT2D eigenvalue weighted by Gasteiger charge is 2.14. The number of aryl methyl sites for hydroxylation is 2. The number of hydrogen-bond acceptors (Lipinski definition) is 4. The molecule has 0 aliphatic carbocycles. The van der Waals surface area contributed by atoms with E-state index in [2.05, 4.69) is 5.32 Å². The molecular formula is C21H21NO4. The van der Waals surface area contributed by atoms with Crippen LogP contribution in [0, 0.1) is 13.8 Å². The number of carbonyl (C=O) groups is 1. The molecule has 5 nitrogen and oxygen atoms in total. The summed E-state index contributed by atoms with van der Waals surface area (Å²) in [4.78, 5) is 12.4. The Balaban J connectivity index is 1.64. The molecule has 3 rings (SSSR count). The number of amides is 1. The summed E-state index contributed by atoms with van der Waals surface area (Å²) >= 11 is 0. The first-order chi connectivity index (χ1) is 12.6. The van der Waals surface area contributed by atoms with Crippen molar-refractivity contribution in [3.8, 4) is 11.5 Å². The third-order valence-corrected chi connectivity index (χ3v) is 4.03. The molecule has 0 fully saturated rings. The lowest BCUT2D eigenvalue weighted by atomic mass is 10.1. The summed E-state index contributed by atoms with van der Waals surface area (Å²) in [6.45, 7) is 4.14. The summed E-state index contributed by atoms with van der Waals surface area (Å²) in [5.74, 6) is 1.92. The summed E-state index contributed by atoms with van der Waals surface area (Å²) in [5.41, 5.74) is 2.82. The van der Waals surface area contributed by atoms with E-state index in [1.165, 1.54) is 0 Å². The molecule has 0 aliphatic heterocycles. The molecule has 5 heteroatoms. The number of carbonyl (C=O) groups excluding carboxylic acids is 1. The van der Waals surface area contributed by atoms with Crippen molar-refractivity contribution in [3.05, 3.63) is 77.2 Å². The van der Waals surface area contributed by atoms with Crippen LogP contribution in [0.5, 0.6) is 11.5 Å². The maximum absolute atomic E-state index is 12.4. The Morgan fingerprint density at radius 3 is 2.42 bits per heavy atom. The van der Waals surface area contributed by atoms with Crippen molar-refractivity contribution in [1.82, 2.24) is 0 Å². The third kappa shape index (κ3) is 4.06. The third-order valence-electron chi connectivity index (χ3n) is 4.03. The number of furan rings is 1. The van der Waals surface area contributed by atoms with Crippen LogP contribution in [0.25, 0.3) is 0 Å². The van der Waals surface area contributed by atoms with Gasteiger partial charge in [0.25, 0.3) is 5.91 Å². The van der Waals surface area contributed by atoms with E-state index in [-0.39, 0.29) is 18.3 Å². The zero-order chi connectivity index (χ0) is 18.5. The maximum atomic E-state index is 12.4. The Morgan fingerprint density at radius 1 is 1.00 bits per heavy atom. The minimum absolute atomic E-state index is 0.226. The molecule has 3 aromatic rings. The minimum atomic E-state index is -0.282. The standard InChI is InChI=1S/C21H21NO4/c1-14-6-4-7-15(2)20(14)22-21(23)19-11-10-18(26-19)13-25-17-9-5-8-16(12-17)24-3/h4-12H,13H2,1-3H3,(H,22,23). The molecule has 0 aliphatic rings. The van der Waals surface area contributed by atoms with Crippen molar-refractivity contribution in [1.29, 1.82) is 0 Å². The average molecular weight is 351 g/mol. The second-order valence-electron chi connectivity index (χ2n) is 5.95. The molecule has 1 aromatic heterocycles. The molecule has 0 radical (unpaired) electrons. The van der Waals surface area contributed by atoms with Crippen molar-refractivity contribution in [3.63, 3.8) is 0 Å². The molecule has 0 bridgehead atoms. The summed E-state index contributed by atoms with van der Waals surface area (Å²) < 4.78 is 16.4.